The maximum atomic E-state index is 11.0. The summed E-state index contributed by atoms with van der Waals surface area (Å²) in [5, 5.41) is 31.2. The number of hydrogen-bond acceptors (Lipinski definition) is 4. The largest absolute Gasteiger partial charge is 0.393 e. The van der Waals surface area contributed by atoms with Gasteiger partial charge in [-0.05, 0) is 86.7 Å². The number of ether oxygens (including phenoxy) is 1. The van der Waals surface area contributed by atoms with Gasteiger partial charge in [-0.25, -0.2) is 0 Å². The molecule has 0 aromatic rings. The zero-order chi connectivity index (χ0) is 24.2. The van der Waals surface area contributed by atoms with Crippen molar-refractivity contribution in [1.82, 2.24) is 0 Å². The van der Waals surface area contributed by atoms with E-state index in [1.807, 2.05) is 0 Å². The zero-order valence-electron chi connectivity index (χ0n) is 21.5. The van der Waals surface area contributed by atoms with Crippen LogP contribution in [0.15, 0.2) is 35.5 Å². The molecule has 4 heteroatoms. The van der Waals surface area contributed by atoms with E-state index in [0.717, 1.165) is 43.3 Å². The number of aliphatic hydroxyl groups is 3. The van der Waals surface area contributed by atoms with E-state index in [0.29, 0.717) is 31.3 Å². The molecule has 3 fully saturated rings. The predicted molar refractivity (Wildman–Crippen MR) is 135 cm³/mol. The second kappa shape index (κ2) is 11.2. The highest BCUT2D eigenvalue weighted by Gasteiger charge is 2.51. The van der Waals surface area contributed by atoms with Crippen molar-refractivity contribution in [3.63, 3.8) is 0 Å². The Hall–Kier alpha value is -0.940. The lowest BCUT2D eigenvalue weighted by molar-refractivity contribution is -0.103. The molecular weight excluding hydrogens is 412 g/mol. The lowest BCUT2D eigenvalue weighted by Crippen LogP contribution is -2.41. The van der Waals surface area contributed by atoms with Gasteiger partial charge in [-0.2, -0.15) is 0 Å². The van der Waals surface area contributed by atoms with Crippen molar-refractivity contribution in [2.45, 2.75) is 122 Å². The molecule has 0 aromatic heterocycles. The first-order valence-electron chi connectivity index (χ1n) is 13.4. The summed E-state index contributed by atoms with van der Waals surface area (Å²) in [6.07, 6.45) is 13.9. The number of hydrogen-bond donors (Lipinski definition) is 3. The van der Waals surface area contributed by atoms with Gasteiger partial charge < -0.3 is 20.1 Å². The first-order valence-corrected chi connectivity index (χ1v) is 13.4. The van der Waals surface area contributed by atoms with Crippen LogP contribution < -0.4 is 0 Å². The highest BCUT2D eigenvalue weighted by atomic mass is 16.5. The summed E-state index contributed by atoms with van der Waals surface area (Å²) < 4.78 is 6.37. The van der Waals surface area contributed by atoms with E-state index < -0.39 is 17.8 Å². The van der Waals surface area contributed by atoms with Gasteiger partial charge in [-0.3, -0.25) is 0 Å². The molecule has 0 bridgehead atoms. The fourth-order valence-electron chi connectivity index (χ4n) is 6.78. The fourth-order valence-corrected chi connectivity index (χ4v) is 6.78. The lowest BCUT2D eigenvalue weighted by atomic mass is 9.62. The Kier molecular flexibility index (Phi) is 9.05. The van der Waals surface area contributed by atoms with Gasteiger partial charge in [0.1, 0.15) is 0 Å². The Morgan fingerprint density at radius 1 is 1.24 bits per heavy atom. The molecule has 3 aliphatic rings. The molecule has 0 aliphatic heterocycles. The van der Waals surface area contributed by atoms with E-state index in [-0.39, 0.29) is 11.5 Å². The van der Waals surface area contributed by atoms with Crippen molar-refractivity contribution in [2.24, 2.45) is 17.3 Å². The predicted octanol–water partition coefficient (Wildman–Crippen LogP) is 5.86. The second-order valence-electron chi connectivity index (χ2n) is 11.4. The molecule has 7 atom stereocenters. The minimum atomic E-state index is -0.704. The summed E-state index contributed by atoms with van der Waals surface area (Å²) in [4.78, 5) is 0. The van der Waals surface area contributed by atoms with Gasteiger partial charge in [0.15, 0.2) is 0 Å². The second-order valence-corrected chi connectivity index (χ2v) is 11.4. The minimum Gasteiger partial charge on any atom is -0.393 e. The Bertz CT molecular complexity index is 740. The van der Waals surface area contributed by atoms with Gasteiger partial charge in [0.25, 0.3) is 0 Å². The van der Waals surface area contributed by atoms with Crippen LogP contribution in [0.5, 0.6) is 0 Å². The maximum Gasteiger partial charge on any atom is 0.0877 e. The molecule has 3 saturated carbocycles. The first-order chi connectivity index (χ1) is 15.6. The number of fused-ring (bicyclic) bond motifs is 1. The number of unbranched alkanes of at least 4 members (excludes halogenated alkanes) is 1. The van der Waals surface area contributed by atoms with E-state index >= 15 is 0 Å². The van der Waals surface area contributed by atoms with Gasteiger partial charge in [-0.1, -0.05) is 57.9 Å². The van der Waals surface area contributed by atoms with E-state index in [9.17, 15) is 15.3 Å². The van der Waals surface area contributed by atoms with Gasteiger partial charge >= 0.3 is 0 Å². The van der Waals surface area contributed by atoms with Crippen LogP contribution in [-0.4, -0.2) is 45.8 Å². The van der Waals surface area contributed by atoms with Crippen LogP contribution in [0, 0.1) is 17.3 Å². The average Bonchev–Trinajstić information content (AvgIpc) is 3.15. The molecule has 0 radical (unpaired) electrons. The molecule has 0 heterocycles. The molecule has 0 saturated heterocycles. The molecule has 4 nitrogen and oxygen atoms in total. The summed E-state index contributed by atoms with van der Waals surface area (Å²) in [6.45, 7) is 13.4. The Morgan fingerprint density at radius 3 is 2.70 bits per heavy atom. The summed E-state index contributed by atoms with van der Waals surface area (Å²) in [5.41, 5.74) is 2.76. The summed E-state index contributed by atoms with van der Waals surface area (Å²) >= 11 is 0. The van der Waals surface area contributed by atoms with Gasteiger partial charge in [-0.15, -0.1) is 0 Å². The van der Waals surface area contributed by atoms with Crippen LogP contribution in [0.4, 0.5) is 0 Å². The van der Waals surface area contributed by atoms with Crippen molar-refractivity contribution < 1.29 is 20.1 Å². The maximum absolute atomic E-state index is 11.0. The van der Waals surface area contributed by atoms with E-state index in [1.165, 1.54) is 31.3 Å². The highest BCUT2D eigenvalue weighted by Crippen LogP contribution is 2.58. The van der Waals surface area contributed by atoms with E-state index in [1.54, 1.807) is 0 Å². The molecule has 1 unspecified atom stereocenters. The molecule has 0 amide bonds. The summed E-state index contributed by atoms with van der Waals surface area (Å²) in [5.74, 6) is 1.05. The molecular formula is C29H48O4. The van der Waals surface area contributed by atoms with Gasteiger partial charge in [0, 0.05) is 6.42 Å². The van der Waals surface area contributed by atoms with Crippen molar-refractivity contribution in [2.75, 3.05) is 6.61 Å². The lowest BCUT2D eigenvalue weighted by Gasteiger charge is -2.44. The number of allylic oxidation sites excluding steroid dienone is 3. The SMILES string of the molecule is C=C1/C(=C\C=C2/CCC[C@]3(C)[C@@H]([C@@H](C)OCC(O)(CC)CCCC)CC[C@@H]23)C[C@@H](O)C[C@@H]1O. The van der Waals surface area contributed by atoms with Crippen LogP contribution in [0.2, 0.25) is 0 Å². The molecule has 33 heavy (non-hydrogen) atoms. The third kappa shape index (κ3) is 6.01. The monoisotopic (exact) mass is 460 g/mol. The smallest absolute Gasteiger partial charge is 0.0877 e. The number of aliphatic hydroxyl groups excluding tert-OH is 2. The van der Waals surface area contributed by atoms with Crippen molar-refractivity contribution in [3.8, 4) is 0 Å². The minimum absolute atomic E-state index is 0.140. The molecule has 3 rings (SSSR count). The van der Waals surface area contributed by atoms with Crippen LogP contribution in [0.1, 0.15) is 98.3 Å². The van der Waals surface area contributed by atoms with Gasteiger partial charge in [0.2, 0.25) is 0 Å². The third-order valence-corrected chi connectivity index (χ3v) is 9.14. The normalized spacial score (nSPS) is 37.8. The summed E-state index contributed by atoms with van der Waals surface area (Å²) in [7, 11) is 0. The van der Waals surface area contributed by atoms with Crippen LogP contribution >= 0.6 is 0 Å². The first kappa shape index (κ1) is 26.7. The van der Waals surface area contributed by atoms with Crippen LogP contribution in [0.3, 0.4) is 0 Å². The molecule has 3 N–H and O–H groups in total. The molecule has 188 valence electrons. The highest BCUT2D eigenvalue weighted by molar-refractivity contribution is 5.38. The fraction of sp³-hybridized carbons (Fsp3) is 0.793. The van der Waals surface area contributed by atoms with Gasteiger partial charge in [0.05, 0.1) is 30.5 Å². The Balaban J connectivity index is 1.69. The van der Waals surface area contributed by atoms with Crippen molar-refractivity contribution in [3.05, 3.63) is 35.5 Å². The standard InChI is InChI=1S/C29H48O4/c1-6-8-16-29(32,7-2)19-33-21(4)25-13-14-26-22(10-9-15-28(25,26)5)11-12-23-17-24(30)18-27(31)20(23)3/h11-12,21,24-27,30-32H,3,6-10,13-19H2,1-2,4-5H3/b22-11+,23-12-/t21-,24-,25-,26+,27+,28-,29?/m1/s1. The summed E-state index contributed by atoms with van der Waals surface area (Å²) in [6, 6.07) is 0. The number of rotatable bonds is 9. The van der Waals surface area contributed by atoms with Crippen molar-refractivity contribution >= 4 is 0 Å². The van der Waals surface area contributed by atoms with Crippen LogP contribution in [-0.2, 0) is 4.74 Å². The Morgan fingerprint density at radius 2 is 2.00 bits per heavy atom. The van der Waals surface area contributed by atoms with Crippen molar-refractivity contribution in [1.29, 1.82) is 0 Å². The topological polar surface area (TPSA) is 69.9 Å². The third-order valence-electron chi connectivity index (χ3n) is 9.14. The Labute approximate surface area is 201 Å². The van der Waals surface area contributed by atoms with E-state index in [4.69, 9.17) is 4.74 Å². The zero-order valence-corrected chi connectivity index (χ0v) is 21.5. The molecule has 3 aliphatic carbocycles. The van der Waals surface area contributed by atoms with E-state index in [2.05, 4.69) is 46.4 Å². The average molecular weight is 461 g/mol. The quantitative estimate of drug-likeness (QED) is 0.403. The molecule has 0 spiro atoms. The van der Waals surface area contributed by atoms with Crippen LogP contribution in [0.25, 0.3) is 0 Å². The molecule has 0 aromatic carbocycles.